The summed E-state index contributed by atoms with van der Waals surface area (Å²) in [6, 6.07) is 5.47. The second-order valence-electron chi connectivity index (χ2n) is 3.77. The van der Waals surface area contributed by atoms with E-state index in [0.717, 1.165) is 12.1 Å². The minimum Gasteiger partial charge on any atom is -0.496 e. The number of hydrogen-bond donors (Lipinski definition) is 2. The lowest BCUT2D eigenvalue weighted by molar-refractivity contribution is -0.120. The van der Waals surface area contributed by atoms with Crippen LogP contribution in [0.3, 0.4) is 0 Å². The summed E-state index contributed by atoms with van der Waals surface area (Å²) in [5.41, 5.74) is 0.768. The van der Waals surface area contributed by atoms with Crippen LogP contribution >= 0.6 is 12.4 Å². The minimum atomic E-state index is -0.0481. The zero-order chi connectivity index (χ0) is 13.4. The number of carbonyl (C=O) groups is 1. The zero-order valence-electron chi connectivity index (χ0n) is 11.5. The predicted octanol–water partition coefficient (Wildman–Crippen LogP) is 1.00. The number of nitrogens with one attached hydrogen (secondary N) is 2. The SMILES string of the molecule is CNCCNC(=O)Cc1c(OC)cccc1OC.Cl. The van der Waals surface area contributed by atoms with Gasteiger partial charge >= 0.3 is 0 Å². The Kier molecular flexibility index (Phi) is 8.74. The summed E-state index contributed by atoms with van der Waals surface area (Å²) >= 11 is 0. The normalized spacial score (nSPS) is 9.42. The van der Waals surface area contributed by atoms with E-state index in [1.54, 1.807) is 14.2 Å². The second kappa shape index (κ2) is 9.47. The van der Waals surface area contributed by atoms with Crippen molar-refractivity contribution >= 4 is 18.3 Å². The van der Waals surface area contributed by atoms with Crippen LogP contribution in [0.5, 0.6) is 11.5 Å². The van der Waals surface area contributed by atoms with Crippen molar-refractivity contribution in [1.82, 2.24) is 10.6 Å². The molecule has 0 radical (unpaired) electrons. The molecule has 5 nitrogen and oxygen atoms in total. The van der Waals surface area contributed by atoms with Crippen molar-refractivity contribution in [1.29, 1.82) is 0 Å². The van der Waals surface area contributed by atoms with Gasteiger partial charge in [-0.15, -0.1) is 12.4 Å². The van der Waals surface area contributed by atoms with E-state index in [4.69, 9.17) is 9.47 Å². The fourth-order valence-electron chi connectivity index (χ4n) is 1.65. The molecule has 1 aromatic rings. The van der Waals surface area contributed by atoms with Crippen LogP contribution in [-0.2, 0) is 11.2 Å². The Hall–Kier alpha value is -1.46. The molecule has 0 aliphatic rings. The lowest BCUT2D eigenvalue weighted by atomic mass is 10.1. The first kappa shape index (κ1) is 17.5. The van der Waals surface area contributed by atoms with Crippen molar-refractivity contribution in [2.75, 3.05) is 34.4 Å². The molecule has 0 saturated heterocycles. The molecule has 1 rings (SSSR count). The fraction of sp³-hybridized carbons (Fsp3) is 0.462. The summed E-state index contributed by atoms with van der Waals surface area (Å²) in [5, 5.41) is 5.79. The smallest absolute Gasteiger partial charge is 0.224 e. The quantitative estimate of drug-likeness (QED) is 0.735. The number of benzene rings is 1. The molecule has 0 aromatic heterocycles. The number of carbonyl (C=O) groups excluding carboxylic acids is 1. The maximum atomic E-state index is 11.8. The third-order valence-electron chi connectivity index (χ3n) is 2.56. The number of amides is 1. The standard InChI is InChI=1S/C13H20N2O3.ClH/c1-14-7-8-15-13(16)9-10-11(17-2)5-4-6-12(10)18-3;/h4-6,14H,7-9H2,1-3H3,(H,15,16);1H. The average Bonchev–Trinajstić information content (AvgIpc) is 2.39. The van der Waals surface area contributed by atoms with Crippen LogP contribution in [0.1, 0.15) is 5.56 Å². The van der Waals surface area contributed by atoms with Gasteiger partial charge in [-0.3, -0.25) is 4.79 Å². The van der Waals surface area contributed by atoms with E-state index in [1.165, 1.54) is 0 Å². The number of hydrogen-bond acceptors (Lipinski definition) is 4. The molecule has 1 amide bonds. The van der Waals surface area contributed by atoms with E-state index in [9.17, 15) is 4.79 Å². The molecule has 0 aliphatic carbocycles. The number of halogens is 1. The van der Waals surface area contributed by atoms with Gasteiger partial charge in [-0.2, -0.15) is 0 Å². The van der Waals surface area contributed by atoms with Crippen molar-refractivity contribution < 1.29 is 14.3 Å². The number of likely N-dealkylation sites (N-methyl/N-ethyl adjacent to an activating group) is 1. The largest absolute Gasteiger partial charge is 0.496 e. The highest BCUT2D eigenvalue weighted by Crippen LogP contribution is 2.28. The Morgan fingerprint density at radius 1 is 1.16 bits per heavy atom. The first-order valence-corrected chi connectivity index (χ1v) is 5.84. The van der Waals surface area contributed by atoms with Gasteiger partial charge in [-0.25, -0.2) is 0 Å². The third kappa shape index (κ3) is 5.36. The van der Waals surface area contributed by atoms with Gasteiger partial charge in [0.05, 0.1) is 20.6 Å². The Bertz CT molecular complexity index is 377. The van der Waals surface area contributed by atoms with Gasteiger partial charge in [-0.05, 0) is 19.2 Å². The zero-order valence-corrected chi connectivity index (χ0v) is 12.3. The van der Waals surface area contributed by atoms with E-state index in [0.29, 0.717) is 18.0 Å². The summed E-state index contributed by atoms with van der Waals surface area (Å²) in [7, 11) is 5.00. The molecule has 0 aliphatic heterocycles. The summed E-state index contributed by atoms with van der Waals surface area (Å²) in [6.45, 7) is 1.35. The molecule has 108 valence electrons. The van der Waals surface area contributed by atoms with Crippen LogP contribution in [0.25, 0.3) is 0 Å². The van der Waals surface area contributed by atoms with E-state index in [2.05, 4.69) is 10.6 Å². The van der Waals surface area contributed by atoms with Gasteiger partial charge in [0.25, 0.3) is 0 Å². The van der Waals surface area contributed by atoms with E-state index in [-0.39, 0.29) is 24.7 Å². The third-order valence-corrected chi connectivity index (χ3v) is 2.56. The summed E-state index contributed by atoms with van der Waals surface area (Å²) in [5.74, 6) is 1.28. The van der Waals surface area contributed by atoms with Crippen LogP contribution in [-0.4, -0.2) is 40.3 Å². The molecule has 6 heteroatoms. The highest BCUT2D eigenvalue weighted by molar-refractivity contribution is 5.85. The molecule has 0 bridgehead atoms. The highest BCUT2D eigenvalue weighted by atomic mass is 35.5. The molecule has 0 fully saturated rings. The van der Waals surface area contributed by atoms with E-state index >= 15 is 0 Å². The lowest BCUT2D eigenvalue weighted by Crippen LogP contribution is -2.31. The number of ether oxygens (including phenoxy) is 2. The Morgan fingerprint density at radius 3 is 2.21 bits per heavy atom. The Labute approximate surface area is 120 Å². The van der Waals surface area contributed by atoms with Crippen LogP contribution < -0.4 is 20.1 Å². The molecule has 0 unspecified atom stereocenters. The van der Waals surface area contributed by atoms with E-state index < -0.39 is 0 Å². The number of methoxy groups -OCH3 is 2. The minimum absolute atomic E-state index is 0. The van der Waals surface area contributed by atoms with Crippen molar-refractivity contribution in [3.63, 3.8) is 0 Å². The monoisotopic (exact) mass is 288 g/mol. The average molecular weight is 289 g/mol. The van der Waals surface area contributed by atoms with Crippen LogP contribution in [0.4, 0.5) is 0 Å². The van der Waals surface area contributed by atoms with E-state index in [1.807, 2.05) is 25.2 Å². The molecular weight excluding hydrogens is 268 g/mol. The molecule has 2 N–H and O–H groups in total. The summed E-state index contributed by atoms with van der Waals surface area (Å²) in [4.78, 5) is 11.8. The number of rotatable bonds is 7. The van der Waals surface area contributed by atoms with Crippen molar-refractivity contribution in [2.24, 2.45) is 0 Å². The lowest BCUT2D eigenvalue weighted by Gasteiger charge is -2.12. The molecule has 0 atom stereocenters. The predicted molar refractivity (Wildman–Crippen MR) is 77.4 cm³/mol. The maximum absolute atomic E-state index is 11.8. The topological polar surface area (TPSA) is 59.6 Å². The van der Waals surface area contributed by atoms with Crippen LogP contribution in [0.2, 0.25) is 0 Å². The summed E-state index contributed by atoms with van der Waals surface area (Å²) < 4.78 is 10.5. The second-order valence-corrected chi connectivity index (χ2v) is 3.77. The Balaban J connectivity index is 0.00000324. The molecular formula is C13H21ClN2O3. The fourth-order valence-corrected chi connectivity index (χ4v) is 1.65. The highest BCUT2D eigenvalue weighted by Gasteiger charge is 2.13. The van der Waals surface area contributed by atoms with Gasteiger partial charge in [-0.1, -0.05) is 6.07 Å². The van der Waals surface area contributed by atoms with Crippen LogP contribution in [0, 0.1) is 0 Å². The van der Waals surface area contributed by atoms with Gasteiger partial charge < -0.3 is 20.1 Å². The van der Waals surface area contributed by atoms with Crippen LogP contribution in [0.15, 0.2) is 18.2 Å². The summed E-state index contributed by atoms with van der Waals surface area (Å²) in [6.07, 6.45) is 0.247. The molecule has 0 saturated carbocycles. The molecule has 0 spiro atoms. The van der Waals surface area contributed by atoms with Gasteiger partial charge in [0.2, 0.25) is 5.91 Å². The Morgan fingerprint density at radius 2 is 1.74 bits per heavy atom. The molecule has 19 heavy (non-hydrogen) atoms. The molecule has 1 aromatic carbocycles. The molecule has 0 heterocycles. The van der Waals surface area contributed by atoms with Crippen molar-refractivity contribution in [3.05, 3.63) is 23.8 Å². The van der Waals surface area contributed by atoms with Crippen molar-refractivity contribution in [2.45, 2.75) is 6.42 Å². The van der Waals surface area contributed by atoms with Gasteiger partial charge in [0, 0.05) is 18.7 Å². The van der Waals surface area contributed by atoms with Gasteiger partial charge in [0.15, 0.2) is 0 Å². The first-order valence-electron chi connectivity index (χ1n) is 5.84. The van der Waals surface area contributed by atoms with Gasteiger partial charge in [0.1, 0.15) is 11.5 Å². The maximum Gasteiger partial charge on any atom is 0.224 e. The van der Waals surface area contributed by atoms with Crippen molar-refractivity contribution in [3.8, 4) is 11.5 Å². The first-order chi connectivity index (χ1) is 8.72.